The van der Waals surface area contributed by atoms with Crippen molar-refractivity contribution in [3.8, 4) is 0 Å². The minimum atomic E-state index is -0.835. The van der Waals surface area contributed by atoms with Gasteiger partial charge < -0.3 is 4.90 Å². The van der Waals surface area contributed by atoms with Gasteiger partial charge in [0.15, 0.2) is 0 Å². The summed E-state index contributed by atoms with van der Waals surface area (Å²) in [6, 6.07) is 2.57. The molecule has 0 N–H and O–H groups in total. The van der Waals surface area contributed by atoms with Crippen molar-refractivity contribution in [3.63, 3.8) is 0 Å². The van der Waals surface area contributed by atoms with Crippen LogP contribution >= 0.6 is 34.2 Å². The molecule has 2 rings (SSSR count). The van der Waals surface area contributed by atoms with E-state index in [1.54, 1.807) is 4.90 Å². The van der Waals surface area contributed by atoms with Crippen LogP contribution in [0.3, 0.4) is 0 Å². The van der Waals surface area contributed by atoms with E-state index in [1.165, 1.54) is 6.07 Å². The van der Waals surface area contributed by atoms with Crippen LogP contribution in [0.5, 0.6) is 0 Å². The molecule has 0 unspecified atom stereocenters. The fourth-order valence-electron chi connectivity index (χ4n) is 1.91. The molecule has 98 valence electrons. The second-order valence-electron chi connectivity index (χ2n) is 4.21. The Bertz CT molecular complexity index is 475. The van der Waals surface area contributed by atoms with Crippen molar-refractivity contribution in [2.24, 2.45) is 0 Å². The number of halogens is 4. The second kappa shape index (κ2) is 5.69. The number of amides is 1. The Kier molecular flexibility index (Phi) is 4.42. The zero-order chi connectivity index (χ0) is 13.3. The van der Waals surface area contributed by atoms with Crippen molar-refractivity contribution in [1.82, 2.24) is 4.90 Å². The summed E-state index contributed by atoms with van der Waals surface area (Å²) in [6.07, 6.45) is -0.138. The number of carbonyl (C=O) groups excluding carboxylic acids is 1. The Morgan fingerprint density at radius 2 is 2.00 bits per heavy atom. The van der Waals surface area contributed by atoms with Gasteiger partial charge in [-0.05, 0) is 47.6 Å². The highest BCUT2D eigenvalue weighted by Crippen LogP contribution is 2.25. The van der Waals surface area contributed by atoms with Crippen LogP contribution < -0.4 is 0 Å². The predicted molar refractivity (Wildman–Crippen MR) is 74.2 cm³/mol. The minimum absolute atomic E-state index is 0.0975. The predicted octanol–water partition coefficient (Wildman–Crippen LogP) is 3.66. The molecule has 0 bridgehead atoms. The summed E-state index contributed by atoms with van der Waals surface area (Å²) in [4.78, 5) is 13.7. The Morgan fingerprint density at radius 3 is 2.61 bits per heavy atom. The Labute approximate surface area is 122 Å². The average Bonchev–Trinajstić information content (AvgIpc) is 2.34. The van der Waals surface area contributed by atoms with Crippen molar-refractivity contribution >= 4 is 40.1 Å². The normalized spacial score (nSPS) is 17.0. The van der Waals surface area contributed by atoms with Gasteiger partial charge >= 0.3 is 0 Å². The van der Waals surface area contributed by atoms with E-state index < -0.39 is 12.0 Å². The van der Waals surface area contributed by atoms with Crippen LogP contribution in [0.1, 0.15) is 23.2 Å². The third-order valence-electron chi connectivity index (χ3n) is 2.95. The van der Waals surface area contributed by atoms with Crippen molar-refractivity contribution in [3.05, 3.63) is 32.1 Å². The first-order valence-electron chi connectivity index (χ1n) is 5.57. The average molecular weight is 386 g/mol. The van der Waals surface area contributed by atoms with E-state index in [1.807, 2.05) is 22.6 Å². The molecule has 0 aliphatic carbocycles. The highest BCUT2D eigenvalue weighted by Gasteiger charge is 2.25. The molecule has 1 aromatic carbocycles. The van der Waals surface area contributed by atoms with Gasteiger partial charge in [-0.15, -0.1) is 0 Å². The summed E-state index contributed by atoms with van der Waals surface area (Å²) in [6.45, 7) is 0.759. The molecular formula is C12H11ClF2INO. The zero-order valence-corrected chi connectivity index (χ0v) is 12.3. The Balaban J connectivity index is 2.21. The molecule has 18 heavy (non-hydrogen) atoms. The number of nitrogens with zero attached hydrogens (tertiary/aromatic N) is 1. The van der Waals surface area contributed by atoms with Crippen LogP contribution in [-0.2, 0) is 0 Å². The molecule has 1 aliphatic rings. The maximum Gasteiger partial charge on any atom is 0.255 e. The van der Waals surface area contributed by atoms with E-state index in [0.29, 0.717) is 29.5 Å². The summed E-state index contributed by atoms with van der Waals surface area (Å²) >= 11 is 7.69. The summed E-state index contributed by atoms with van der Waals surface area (Å²) in [7, 11) is 0. The van der Waals surface area contributed by atoms with Gasteiger partial charge in [-0.1, -0.05) is 11.6 Å². The van der Waals surface area contributed by atoms with Gasteiger partial charge in [-0.2, -0.15) is 0 Å². The molecule has 0 spiro atoms. The van der Waals surface area contributed by atoms with E-state index in [4.69, 9.17) is 11.6 Å². The quantitative estimate of drug-likeness (QED) is 0.534. The van der Waals surface area contributed by atoms with Crippen molar-refractivity contribution < 1.29 is 13.6 Å². The number of hydrogen-bond donors (Lipinski definition) is 0. The van der Waals surface area contributed by atoms with Crippen LogP contribution in [-0.4, -0.2) is 30.1 Å². The van der Waals surface area contributed by atoms with Crippen LogP contribution in [0.15, 0.2) is 12.1 Å². The first-order chi connectivity index (χ1) is 8.49. The molecule has 1 amide bonds. The summed E-state index contributed by atoms with van der Waals surface area (Å²) < 4.78 is 26.6. The lowest BCUT2D eigenvalue weighted by Crippen LogP contribution is -2.39. The first kappa shape index (κ1) is 14.0. The lowest BCUT2D eigenvalue weighted by atomic mass is 10.1. The molecular weight excluding hydrogens is 374 g/mol. The van der Waals surface area contributed by atoms with Gasteiger partial charge in [-0.25, -0.2) is 8.78 Å². The largest absolute Gasteiger partial charge is 0.338 e. The number of carbonyl (C=O) groups is 1. The number of benzene rings is 1. The minimum Gasteiger partial charge on any atom is -0.338 e. The van der Waals surface area contributed by atoms with E-state index >= 15 is 0 Å². The molecule has 0 aromatic heterocycles. The van der Waals surface area contributed by atoms with Gasteiger partial charge in [0.05, 0.1) is 10.6 Å². The highest BCUT2D eigenvalue weighted by atomic mass is 127. The molecule has 2 nitrogen and oxygen atoms in total. The fourth-order valence-corrected chi connectivity index (χ4v) is 2.61. The zero-order valence-electron chi connectivity index (χ0n) is 9.43. The topological polar surface area (TPSA) is 20.3 Å². The highest BCUT2D eigenvalue weighted by molar-refractivity contribution is 14.1. The summed E-state index contributed by atoms with van der Waals surface area (Å²) in [5.41, 5.74) is 0.278. The van der Waals surface area contributed by atoms with Crippen LogP contribution in [0.25, 0.3) is 0 Å². The number of alkyl halides is 1. The van der Waals surface area contributed by atoms with E-state index in [-0.39, 0.29) is 16.5 Å². The molecule has 1 aromatic rings. The SMILES string of the molecule is O=C(c1cc(I)c(F)cc1Cl)N1CCC(F)CC1. The first-order valence-corrected chi connectivity index (χ1v) is 7.02. The van der Waals surface area contributed by atoms with Crippen molar-refractivity contribution in [1.29, 1.82) is 0 Å². The molecule has 1 fully saturated rings. The van der Waals surface area contributed by atoms with Gasteiger partial charge in [0.1, 0.15) is 12.0 Å². The standard InChI is InChI=1S/C12H11ClF2INO/c13-9-6-10(15)11(16)5-8(9)12(18)17-3-1-7(14)2-4-17/h5-7H,1-4H2. The molecule has 0 saturated carbocycles. The van der Waals surface area contributed by atoms with Crippen LogP contribution in [0.4, 0.5) is 8.78 Å². The smallest absolute Gasteiger partial charge is 0.255 e. The third kappa shape index (κ3) is 2.93. The van der Waals surface area contributed by atoms with E-state index in [9.17, 15) is 13.6 Å². The molecule has 6 heteroatoms. The maximum atomic E-state index is 13.2. The van der Waals surface area contributed by atoms with Gasteiger partial charge in [0.25, 0.3) is 5.91 Å². The van der Waals surface area contributed by atoms with Gasteiger partial charge in [0.2, 0.25) is 0 Å². The van der Waals surface area contributed by atoms with Gasteiger partial charge in [0, 0.05) is 16.7 Å². The summed E-state index contributed by atoms with van der Waals surface area (Å²) in [5, 5.41) is 0.0975. The van der Waals surface area contributed by atoms with Crippen LogP contribution in [0, 0.1) is 9.39 Å². The number of rotatable bonds is 1. The van der Waals surface area contributed by atoms with Crippen LogP contribution in [0.2, 0.25) is 5.02 Å². The van der Waals surface area contributed by atoms with Gasteiger partial charge in [-0.3, -0.25) is 4.79 Å². The Hall–Kier alpha value is -0.430. The Morgan fingerprint density at radius 1 is 1.39 bits per heavy atom. The van der Waals surface area contributed by atoms with Crippen molar-refractivity contribution in [2.75, 3.05) is 13.1 Å². The molecule has 0 radical (unpaired) electrons. The monoisotopic (exact) mass is 385 g/mol. The number of piperidine rings is 1. The second-order valence-corrected chi connectivity index (χ2v) is 5.78. The van der Waals surface area contributed by atoms with E-state index in [2.05, 4.69) is 0 Å². The number of likely N-dealkylation sites (tertiary alicyclic amines) is 1. The third-order valence-corrected chi connectivity index (χ3v) is 4.09. The lowest BCUT2D eigenvalue weighted by molar-refractivity contribution is 0.0667. The lowest BCUT2D eigenvalue weighted by Gasteiger charge is -2.29. The molecule has 1 saturated heterocycles. The summed E-state index contributed by atoms with van der Waals surface area (Å²) in [5.74, 6) is -0.704. The van der Waals surface area contributed by atoms with Crippen molar-refractivity contribution in [2.45, 2.75) is 19.0 Å². The molecule has 1 heterocycles. The molecule has 1 aliphatic heterocycles. The van der Waals surface area contributed by atoms with E-state index in [0.717, 1.165) is 6.07 Å². The fraction of sp³-hybridized carbons (Fsp3) is 0.417. The maximum absolute atomic E-state index is 13.2. The molecule has 0 atom stereocenters. The number of hydrogen-bond acceptors (Lipinski definition) is 1.